The van der Waals surface area contributed by atoms with E-state index < -0.39 is 10.0 Å². The molecule has 0 aliphatic carbocycles. The number of anilines is 1. The molecule has 4 aromatic carbocycles. The van der Waals surface area contributed by atoms with Crippen LogP contribution in [-0.4, -0.2) is 20.2 Å². The number of amides is 1. The molecule has 0 fully saturated rings. The van der Waals surface area contributed by atoms with Crippen molar-refractivity contribution in [1.82, 2.24) is 0 Å². The second-order valence-corrected chi connectivity index (χ2v) is 9.87. The molecule has 1 amide bonds. The predicted octanol–water partition coefficient (Wildman–Crippen LogP) is 4.06. The number of hydrogen-bond donors (Lipinski definition) is 3. The van der Waals surface area contributed by atoms with Gasteiger partial charge in [-0.2, -0.15) is 0 Å². The molecule has 0 radical (unpaired) electrons. The van der Waals surface area contributed by atoms with E-state index in [1.54, 1.807) is 41.3 Å². The molecule has 5 N–H and O–H groups in total. The highest BCUT2D eigenvalue weighted by molar-refractivity contribution is 7.89. The van der Waals surface area contributed by atoms with Crippen LogP contribution in [0.4, 0.5) is 5.69 Å². The van der Waals surface area contributed by atoms with Crippen LogP contribution in [0, 0.1) is 5.41 Å². The number of nitrogens with one attached hydrogen (secondary N) is 1. The van der Waals surface area contributed by atoms with Crippen molar-refractivity contribution in [2.75, 3.05) is 4.90 Å². The lowest BCUT2D eigenvalue weighted by Gasteiger charge is -2.23. The number of nitrogens with zero attached hydrogens (tertiary/aromatic N) is 1. The van der Waals surface area contributed by atoms with Crippen molar-refractivity contribution >= 4 is 27.5 Å². The number of hydrogen-bond acceptors (Lipinski definition) is 4. The fourth-order valence-corrected chi connectivity index (χ4v) is 4.74. The molecule has 0 aliphatic heterocycles. The monoisotopic (exact) mass is 498 g/mol. The van der Waals surface area contributed by atoms with E-state index in [0.717, 1.165) is 16.8 Å². The van der Waals surface area contributed by atoms with Gasteiger partial charge in [0.25, 0.3) is 0 Å². The van der Waals surface area contributed by atoms with Gasteiger partial charge in [0.2, 0.25) is 15.9 Å². The number of primary sulfonamides is 1. The zero-order valence-electron chi connectivity index (χ0n) is 19.5. The Morgan fingerprint density at radius 2 is 1.47 bits per heavy atom. The number of nitrogens with two attached hydrogens (primary N) is 2. The lowest BCUT2D eigenvalue weighted by molar-refractivity contribution is -0.118. The average Bonchev–Trinajstić information content (AvgIpc) is 2.88. The highest BCUT2D eigenvalue weighted by Gasteiger charge is 2.18. The molecule has 7 nitrogen and oxygen atoms in total. The molecule has 0 saturated heterocycles. The fourth-order valence-electron chi connectivity index (χ4n) is 3.98. The number of amidine groups is 1. The van der Waals surface area contributed by atoms with Gasteiger partial charge in [0.1, 0.15) is 5.84 Å². The van der Waals surface area contributed by atoms with Gasteiger partial charge in [0, 0.05) is 16.8 Å². The Bertz CT molecular complexity index is 1500. The number of sulfonamides is 1. The third-order valence-corrected chi connectivity index (χ3v) is 6.73. The summed E-state index contributed by atoms with van der Waals surface area (Å²) < 4.78 is 23.9. The summed E-state index contributed by atoms with van der Waals surface area (Å²) in [6.07, 6.45) is 0.151. The van der Waals surface area contributed by atoms with Gasteiger partial charge in [-0.15, -0.1) is 0 Å². The Hall–Kier alpha value is -4.27. The Morgan fingerprint density at radius 1 is 0.806 bits per heavy atom. The Balaban J connectivity index is 1.59. The highest BCUT2D eigenvalue weighted by atomic mass is 32.2. The molecular weight excluding hydrogens is 472 g/mol. The van der Waals surface area contributed by atoms with Crippen LogP contribution in [0.5, 0.6) is 0 Å². The maximum Gasteiger partial charge on any atom is 0.238 e. The molecule has 8 heteroatoms. The van der Waals surface area contributed by atoms with Crippen LogP contribution >= 0.6 is 0 Å². The van der Waals surface area contributed by atoms with Crippen LogP contribution in [0.25, 0.3) is 11.1 Å². The fraction of sp³-hybridized carbons (Fsp3) is 0.0714. The normalized spacial score (nSPS) is 11.1. The minimum Gasteiger partial charge on any atom is -0.384 e. The van der Waals surface area contributed by atoms with Crippen LogP contribution in [0.3, 0.4) is 0 Å². The zero-order valence-corrected chi connectivity index (χ0v) is 20.3. The van der Waals surface area contributed by atoms with Crippen LogP contribution in [0.2, 0.25) is 0 Å². The van der Waals surface area contributed by atoms with Crippen LogP contribution in [0.1, 0.15) is 16.7 Å². The van der Waals surface area contributed by atoms with Gasteiger partial charge in [0.05, 0.1) is 17.9 Å². The van der Waals surface area contributed by atoms with Crippen molar-refractivity contribution in [1.29, 1.82) is 5.41 Å². The molecule has 0 aromatic heterocycles. The molecule has 36 heavy (non-hydrogen) atoms. The summed E-state index contributed by atoms with van der Waals surface area (Å²) in [6, 6.07) is 30.4. The van der Waals surface area contributed by atoms with E-state index in [4.69, 9.17) is 16.3 Å². The second kappa shape index (κ2) is 10.6. The van der Waals surface area contributed by atoms with Gasteiger partial charge in [-0.1, -0.05) is 78.9 Å². The third kappa shape index (κ3) is 5.86. The Morgan fingerprint density at radius 3 is 2.14 bits per heavy atom. The maximum absolute atomic E-state index is 13.4. The van der Waals surface area contributed by atoms with Crippen molar-refractivity contribution in [3.05, 3.63) is 120 Å². The summed E-state index contributed by atoms with van der Waals surface area (Å²) in [5.41, 5.74) is 9.84. The van der Waals surface area contributed by atoms with Crippen molar-refractivity contribution in [3.8, 4) is 11.1 Å². The standard InChI is InChI=1S/C28H26N4O3S/c29-28(30)23-8-6-7-21(17-23)19-32(24-9-2-1-3-10-24)27(33)18-20-13-15-22(16-14-20)25-11-4-5-12-26(25)36(31,34)35/h1-17H,18-19H2,(H3,29,30)(H2,31,34,35). The summed E-state index contributed by atoms with van der Waals surface area (Å²) in [5.74, 6) is -0.134. The predicted molar refractivity (Wildman–Crippen MR) is 142 cm³/mol. The Labute approximate surface area is 210 Å². The van der Waals surface area contributed by atoms with E-state index in [9.17, 15) is 13.2 Å². The van der Waals surface area contributed by atoms with E-state index in [0.29, 0.717) is 23.2 Å². The van der Waals surface area contributed by atoms with Crippen LogP contribution in [-0.2, 0) is 27.8 Å². The summed E-state index contributed by atoms with van der Waals surface area (Å²) in [7, 11) is -3.87. The third-order valence-electron chi connectivity index (χ3n) is 5.76. The molecule has 0 atom stereocenters. The second-order valence-electron chi connectivity index (χ2n) is 8.34. The molecule has 182 valence electrons. The lowest BCUT2D eigenvalue weighted by atomic mass is 10.0. The summed E-state index contributed by atoms with van der Waals surface area (Å²) in [6.45, 7) is 0.323. The molecule has 0 aliphatic rings. The topological polar surface area (TPSA) is 130 Å². The molecule has 0 bridgehead atoms. The first-order chi connectivity index (χ1) is 17.2. The van der Waals surface area contributed by atoms with Crippen molar-refractivity contribution in [2.24, 2.45) is 10.9 Å². The van der Waals surface area contributed by atoms with Crippen molar-refractivity contribution in [3.63, 3.8) is 0 Å². The molecule has 0 spiro atoms. The largest absolute Gasteiger partial charge is 0.384 e. The summed E-state index contributed by atoms with van der Waals surface area (Å²) in [5, 5.41) is 13.1. The first kappa shape index (κ1) is 24.8. The van der Waals surface area contributed by atoms with Crippen LogP contribution < -0.4 is 15.8 Å². The van der Waals surface area contributed by atoms with E-state index >= 15 is 0 Å². The van der Waals surface area contributed by atoms with Crippen molar-refractivity contribution in [2.45, 2.75) is 17.9 Å². The van der Waals surface area contributed by atoms with Gasteiger partial charge in [-0.25, -0.2) is 13.6 Å². The van der Waals surface area contributed by atoms with Gasteiger partial charge in [-0.05, 0) is 41.0 Å². The van der Waals surface area contributed by atoms with Gasteiger partial charge < -0.3 is 10.6 Å². The average molecular weight is 499 g/mol. The molecule has 4 rings (SSSR count). The van der Waals surface area contributed by atoms with E-state index in [-0.39, 0.29) is 23.1 Å². The lowest BCUT2D eigenvalue weighted by Crippen LogP contribution is -2.31. The van der Waals surface area contributed by atoms with E-state index in [1.165, 1.54) is 6.07 Å². The van der Waals surface area contributed by atoms with Crippen LogP contribution in [0.15, 0.2) is 108 Å². The zero-order chi connectivity index (χ0) is 25.7. The first-order valence-corrected chi connectivity index (χ1v) is 12.8. The van der Waals surface area contributed by atoms with E-state index in [2.05, 4.69) is 0 Å². The molecule has 4 aromatic rings. The minimum atomic E-state index is -3.87. The summed E-state index contributed by atoms with van der Waals surface area (Å²) >= 11 is 0. The molecular formula is C28H26N4O3S. The highest BCUT2D eigenvalue weighted by Crippen LogP contribution is 2.27. The number of rotatable bonds is 8. The van der Waals surface area contributed by atoms with Gasteiger partial charge in [0.15, 0.2) is 0 Å². The maximum atomic E-state index is 13.4. The molecule has 0 saturated carbocycles. The summed E-state index contributed by atoms with van der Waals surface area (Å²) in [4.78, 5) is 15.2. The first-order valence-electron chi connectivity index (χ1n) is 11.2. The smallest absolute Gasteiger partial charge is 0.238 e. The minimum absolute atomic E-state index is 0.0291. The van der Waals surface area contributed by atoms with Crippen molar-refractivity contribution < 1.29 is 13.2 Å². The quantitative estimate of drug-likeness (QED) is 0.250. The number of para-hydroxylation sites is 1. The number of carbonyl (C=O) groups is 1. The number of carbonyl (C=O) groups excluding carboxylic acids is 1. The van der Waals surface area contributed by atoms with Gasteiger partial charge in [-0.3, -0.25) is 10.2 Å². The molecule has 0 heterocycles. The van der Waals surface area contributed by atoms with E-state index in [1.807, 2.05) is 60.7 Å². The SMILES string of the molecule is N=C(N)c1cccc(CN(C(=O)Cc2ccc(-c3ccccc3S(N)(=O)=O)cc2)c2ccccc2)c1. The number of benzene rings is 4. The number of nitrogen functional groups attached to an aromatic ring is 1. The molecule has 0 unspecified atom stereocenters. The van der Waals surface area contributed by atoms with Gasteiger partial charge >= 0.3 is 0 Å². The Kier molecular flexibility index (Phi) is 7.28.